The summed E-state index contributed by atoms with van der Waals surface area (Å²) < 4.78 is 2.69. The van der Waals surface area contributed by atoms with E-state index in [1.165, 1.54) is 103 Å². The van der Waals surface area contributed by atoms with E-state index in [1.807, 2.05) is 11.3 Å². The molecule has 0 radical (unpaired) electrons. The molecule has 4 saturated carbocycles. The molecule has 0 aliphatic heterocycles. The van der Waals surface area contributed by atoms with Gasteiger partial charge in [0.1, 0.15) is 0 Å². The average molecular weight is 712 g/mol. The van der Waals surface area contributed by atoms with Gasteiger partial charge in [0.25, 0.3) is 0 Å². The normalized spacial score (nSPS) is 23.3. The second-order valence-corrected chi connectivity index (χ2v) is 17.6. The van der Waals surface area contributed by atoms with E-state index in [9.17, 15) is 0 Å². The maximum Gasteiger partial charge on any atom is 0.0543 e. The highest BCUT2D eigenvalue weighted by Gasteiger charge is 2.61. The van der Waals surface area contributed by atoms with Crippen molar-refractivity contribution in [3.63, 3.8) is 0 Å². The third-order valence-corrected chi connectivity index (χ3v) is 15.0. The highest BCUT2D eigenvalue weighted by atomic mass is 32.1. The van der Waals surface area contributed by atoms with Crippen LogP contribution in [0.2, 0.25) is 0 Å². The molecule has 5 aliphatic rings. The number of benzene rings is 7. The zero-order valence-electron chi connectivity index (χ0n) is 30.3. The van der Waals surface area contributed by atoms with Gasteiger partial charge in [-0.1, -0.05) is 121 Å². The van der Waals surface area contributed by atoms with E-state index in [0.29, 0.717) is 0 Å². The van der Waals surface area contributed by atoms with Crippen molar-refractivity contribution >= 4 is 48.6 Å². The van der Waals surface area contributed by atoms with Gasteiger partial charge in [-0.15, -0.1) is 11.3 Å². The number of nitrogens with zero attached hydrogens (tertiary/aromatic N) is 1. The molecule has 0 saturated heterocycles. The highest BCUT2D eigenvalue weighted by Crippen LogP contribution is 2.70. The largest absolute Gasteiger partial charge is 0.309 e. The SMILES string of the molecule is c1ccc(-c2ccccc2N(c2ccc(-c3ccc4sc5ccccc5c4c3)cc2)c2cccc3c2-c2ccccc2C32C3CC4CC(C3)CC2C4)cc1. The van der Waals surface area contributed by atoms with Crippen molar-refractivity contribution in [2.75, 3.05) is 4.90 Å². The number of hydrogen-bond donors (Lipinski definition) is 0. The summed E-state index contributed by atoms with van der Waals surface area (Å²) >= 11 is 1.88. The summed E-state index contributed by atoms with van der Waals surface area (Å²) in [6.45, 7) is 0. The lowest BCUT2D eigenvalue weighted by molar-refractivity contribution is -0.0399. The molecule has 1 spiro atoms. The fourth-order valence-corrected chi connectivity index (χ4v) is 13.1. The summed E-state index contributed by atoms with van der Waals surface area (Å²) in [6, 6.07) is 61.9. The van der Waals surface area contributed by atoms with Crippen LogP contribution in [0.3, 0.4) is 0 Å². The van der Waals surface area contributed by atoms with Crippen molar-refractivity contribution < 1.29 is 0 Å². The highest BCUT2D eigenvalue weighted by molar-refractivity contribution is 7.25. The molecule has 0 amide bonds. The van der Waals surface area contributed by atoms with Crippen LogP contribution in [0.15, 0.2) is 164 Å². The monoisotopic (exact) mass is 711 g/mol. The van der Waals surface area contributed by atoms with Gasteiger partial charge in [0.05, 0.1) is 11.4 Å². The smallest absolute Gasteiger partial charge is 0.0543 e. The Hall–Kier alpha value is -5.44. The number of hydrogen-bond acceptors (Lipinski definition) is 2. The summed E-state index contributed by atoms with van der Waals surface area (Å²) in [6.07, 6.45) is 7.02. The van der Waals surface area contributed by atoms with Gasteiger partial charge in [-0.2, -0.15) is 0 Å². The van der Waals surface area contributed by atoms with Gasteiger partial charge < -0.3 is 4.90 Å². The Kier molecular flexibility index (Phi) is 6.75. The molecule has 5 aliphatic carbocycles. The molecule has 13 rings (SSSR count). The number of anilines is 3. The molecule has 0 atom stereocenters. The van der Waals surface area contributed by atoms with E-state index in [1.54, 1.807) is 11.1 Å². The van der Waals surface area contributed by atoms with E-state index in [-0.39, 0.29) is 5.41 Å². The Balaban J connectivity index is 1.06. The molecular formula is C52H41NS. The van der Waals surface area contributed by atoms with Gasteiger partial charge in [-0.05, 0) is 132 Å². The van der Waals surface area contributed by atoms with Crippen LogP contribution in [-0.2, 0) is 5.41 Å². The van der Waals surface area contributed by atoms with Crippen molar-refractivity contribution in [1.29, 1.82) is 0 Å². The Labute approximate surface area is 321 Å². The molecule has 4 fully saturated rings. The van der Waals surface area contributed by atoms with E-state index in [4.69, 9.17) is 0 Å². The minimum atomic E-state index is 0.119. The number of para-hydroxylation sites is 1. The van der Waals surface area contributed by atoms with Crippen LogP contribution in [0.25, 0.3) is 53.6 Å². The van der Waals surface area contributed by atoms with Crippen LogP contribution in [0.5, 0.6) is 0 Å². The molecule has 4 bridgehead atoms. The third-order valence-electron chi connectivity index (χ3n) is 13.9. The van der Waals surface area contributed by atoms with Crippen LogP contribution >= 0.6 is 11.3 Å². The number of thiophene rings is 1. The molecule has 0 N–H and O–H groups in total. The van der Waals surface area contributed by atoms with Crippen LogP contribution in [-0.4, -0.2) is 0 Å². The lowest BCUT2D eigenvalue weighted by Gasteiger charge is -2.61. The molecule has 1 aromatic heterocycles. The molecule has 8 aromatic rings. The predicted molar refractivity (Wildman–Crippen MR) is 228 cm³/mol. The van der Waals surface area contributed by atoms with Crippen molar-refractivity contribution in [3.05, 3.63) is 175 Å². The van der Waals surface area contributed by atoms with E-state index in [0.717, 1.165) is 23.7 Å². The fourth-order valence-electron chi connectivity index (χ4n) is 12.0. The molecule has 1 nitrogen and oxygen atoms in total. The first-order valence-electron chi connectivity index (χ1n) is 19.9. The first-order valence-corrected chi connectivity index (χ1v) is 20.8. The average Bonchev–Trinajstić information content (AvgIpc) is 3.74. The van der Waals surface area contributed by atoms with Crippen molar-refractivity contribution in [1.82, 2.24) is 0 Å². The van der Waals surface area contributed by atoms with Crippen LogP contribution < -0.4 is 4.90 Å². The van der Waals surface area contributed by atoms with Gasteiger partial charge in [0, 0.05) is 42.4 Å². The van der Waals surface area contributed by atoms with Crippen LogP contribution in [0.1, 0.15) is 43.2 Å². The van der Waals surface area contributed by atoms with Gasteiger partial charge in [0.2, 0.25) is 0 Å². The Morgan fingerprint density at radius 2 is 1.07 bits per heavy atom. The van der Waals surface area contributed by atoms with Gasteiger partial charge in [-0.25, -0.2) is 0 Å². The third kappa shape index (κ3) is 4.38. The molecule has 0 unspecified atom stereocenters. The Morgan fingerprint density at radius 1 is 0.444 bits per heavy atom. The van der Waals surface area contributed by atoms with Gasteiger partial charge in [0.15, 0.2) is 0 Å². The molecule has 2 heteroatoms. The van der Waals surface area contributed by atoms with E-state index >= 15 is 0 Å². The molecule has 260 valence electrons. The molecule has 54 heavy (non-hydrogen) atoms. The van der Waals surface area contributed by atoms with Crippen molar-refractivity contribution in [3.8, 4) is 33.4 Å². The fraction of sp³-hybridized carbons (Fsp3) is 0.192. The van der Waals surface area contributed by atoms with Crippen molar-refractivity contribution in [2.45, 2.75) is 37.5 Å². The topological polar surface area (TPSA) is 3.24 Å². The maximum absolute atomic E-state index is 2.58. The van der Waals surface area contributed by atoms with Crippen LogP contribution in [0, 0.1) is 23.7 Å². The minimum Gasteiger partial charge on any atom is -0.309 e. The molecular weight excluding hydrogens is 671 g/mol. The standard InChI is InChI=1S/C52H41NS/c1-2-11-36(12-3-1)41-13-5-8-18-47(41)53(40-24-21-35(22-25-40)37-23-26-50-44(32-37)42-14-6-9-20-49(42)54-50)48-19-10-17-46-51(48)43-15-4-7-16-45(43)52(46)38-28-33-27-34(30-38)31-39(52)29-33/h1-26,32-34,38-39H,27-31H2. The molecule has 7 aromatic carbocycles. The summed E-state index contributed by atoms with van der Waals surface area (Å²) in [7, 11) is 0. The second kappa shape index (κ2) is 11.8. The summed E-state index contributed by atoms with van der Waals surface area (Å²) in [5, 5.41) is 2.68. The van der Waals surface area contributed by atoms with E-state index in [2.05, 4.69) is 169 Å². The lowest BCUT2D eigenvalue weighted by Crippen LogP contribution is -2.55. The maximum atomic E-state index is 2.58. The summed E-state index contributed by atoms with van der Waals surface area (Å²) in [5.41, 5.74) is 14.8. The quantitative estimate of drug-likeness (QED) is 0.172. The second-order valence-electron chi connectivity index (χ2n) is 16.5. The van der Waals surface area contributed by atoms with Crippen LogP contribution in [0.4, 0.5) is 17.1 Å². The zero-order valence-corrected chi connectivity index (χ0v) is 31.1. The van der Waals surface area contributed by atoms with Gasteiger partial charge in [-0.3, -0.25) is 0 Å². The Morgan fingerprint density at radius 3 is 1.89 bits per heavy atom. The lowest BCUT2D eigenvalue weighted by atomic mass is 9.43. The Bertz CT molecular complexity index is 2710. The first kappa shape index (κ1) is 31.0. The van der Waals surface area contributed by atoms with Crippen molar-refractivity contribution in [2.24, 2.45) is 23.7 Å². The predicted octanol–water partition coefficient (Wildman–Crippen LogP) is 14.6. The van der Waals surface area contributed by atoms with E-state index < -0.39 is 0 Å². The number of rotatable bonds is 5. The van der Waals surface area contributed by atoms with Gasteiger partial charge >= 0.3 is 0 Å². The zero-order chi connectivity index (χ0) is 35.4. The summed E-state index contributed by atoms with van der Waals surface area (Å²) in [4.78, 5) is 2.58. The molecule has 1 heterocycles. The summed E-state index contributed by atoms with van der Waals surface area (Å²) in [5.74, 6) is 3.30. The minimum absolute atomic E-state index is 0.119. The first-order chi connectivity index (χ1) is 26.7. The number of fused-ring (bicyclic) bond motifs is 6.